The fourth-order valence-electron chi connectivity index (χ4n) is 2.23. The smallest absolute Gasteiger partial charge is 0.0827 e. The molecule has 1 atom stereocenters. The fraction of sp³-hybridized carbons (Fsp3) is 0.750. The number of aliphatic hydroxyl groups is 1. The number of hydrogen-bond donors (Lipinski definition) is 1. The van der Waals surface area contributed by atoms with Crippen LogP contribution in [0.15, 0.2) is 18.5 Å². The monoisotopic (exact) mass is 251 g/mol. The van der Waals surface area contributed by atoms with Gasteiger partial charge in [-0.1, -0.05) is 52.9 Å². The van der Waals surface area contributed by atoms with E-state index in [1.165, 1.54) is 38.5 Å². The van der Waals surface area contributed by atoms with E-state index in [1.807, 2.05) is 6.07 Å². The maximum Gasteiger partial charge on any atom is 0.0827 e. The van der Waals surface area contributed by atoms with Gasteiger partial charge >= 0.3 is 0 Å². The van der Waals surface area contributed by atoms with Crippen molar-refractivity contribution >= 4 is 0 Å². The Bertz CT molecular complexity index is 317. The largest absolute Gasteiger partial charge is 0.388 e. The summed E-state index contributed by atoms with van der Waals surface area (Å²) in [5, 5.41) is 9.97. The van der Waals surface area contributed by atoms with Crippen LogP contribution >= 0.6 is 0 Å². The standard InChI is InChI=1S/C16H29NO/c1-4-5-6-7-8-9-11-17-12-10-15(13-17)16(18)14(2)3/h10,12-14,16,18H,4-9,11H2,1-3H3. The summed E-state index contributed by atoms with van der Waals surface area (Å²) in [4.78, 5) is 0. The van der Waals surface area contributed by atoms with Crippen LogP contribution in [0.1, 0.15) is 71.0 Å². The molecule has 104 valence electrons. The zero-order chi connectivity index (χ0) is 13.4. The summed E-state index contributed by atoms with van der Waals surface area (Å²) in [5.41, 5.74) is 1.05. The van der Waals surface area contributed by atoms with E-state index in [4.69, 9.17) is 0 Å². The van der Waals surface area contributed by atoms with Crippen LogP contribution in [0, 0.1) is 5.92 Å². The highest BCUT2D eigenvalue weighted by Gasteiger charge is 2.12. The van der Waals surface area contributed by atoms with E-state index in [-0.39, 0.29) is 12.0 Å². The lowest BCUT2D eigenvalue weighted by atomic mass is 10.0. The van der Waals surface area contributed by atoms with Gasteiger partial charge in [0.2, 0.25) is 0 Å². The Morgan fingerprint density at radius 3 is 2.44 bits per heavy atom. The highest BCUT2D eigenvalue weighted by atomic mass is 16.3. The molecule has 0 bridgehead atoms. The first-order chi connectivity index (χ1) is 8.65. The number of aryl methyl sites for hydroxylation is 1. The van der Waals surface area contributed by atoms with Crippen LogP contribution in [0.4, 0.5) is 0 Å². The molecule has 0 aliphatic heterocycles. The Morgan fingerprint density at radius 1 is 1.11 bits per heavy atom. The van der Waals surface area contributed by atoms with E-state index in [0.29, 0.717) is 0 Å². The molecule has 0 aliphatic carbocycles. The van der Waals surface area contributed by atoms with Crippen LogP contribution in [-0.4, -0.2) is 9.67 Å². The van der Waals surface area contributed by atoms with Crippen molar-refractivity contribution in [3.63, 3.8) is 0 Å². The molecule has 0 fully saturated rings. The number of aromatic nitrogens is 1. The van der Waals surface area contributed by atoms with Crippen LogP contribution in [0.2, 0.25) is 0 Å². The van der Waals surface area contributed by atoms with Crippen LogP contribution in [0.5, 0.6) is 0 Å². The zero-order valence-electron chi connectivity index (χ0n) is 12.2. The second-order valence-corrected chi connectivity index (χ2v) is 5.64. The van der Waals surface area contributed by atoms with Crippen molar-refractivity contribution in [1.29, 1.82) is 0 Å². The van der Waals surface area contributed by atoms with E-state index in [9.17, 15) is 5.11 Å². The molecule has 0 aliphatic rings. The summed E-state index contributed by atoms with van der Waals surface area (Å²) < 4.78 is 2.21. The van der Waals surface area contributed by atoms with Crippen molar-refractivity contribution in [2.45, 2.75) is 71.9 Å². The van der Waals surface area contributed by atoms with E-state index in [1.54, 1.807) is 0 Å². The Balaban J connectivity index is 2.23. The number of aliphatic hydroxyl groups excluding tert-OH is 1. The molecule has 0 aromatic carbocycles. The van der Waals surface area contributed by atoms with Gasteiger partial charge in [0.05, 0.1) is 6.10 Å². The van der Waals surface area contributed by atoms with Crippen molar-refractivity contribution in [2.24, 2.45) is 5.92 Å². The Morgan fingerprint density at radius 2 is 1.78 bits per heavy atom. The molecule has 0 saturated heterocycles. The van der Waals surface area contributed by atoms with E-state index in [2.05, 4.69) is 37.7 Å². The van der Waals surface area contributed by atoms with Crippen molar-refractivity contribution in [1.82, 2.24) is 4.57 Å². The van der Waals surface area contributed by atoms with Gasteiger partial charge in [-0.05, 0) is 24.0 Å². The predicted molar refractivity (Wildman–Crippen MR) is 77.6 cm³/mol. The lowest BCUT2D eigenvalue weighted by molar-refractivity contribution is 0.127. The summed E-state index contributed by atoms with van der Waals surface area (Å²) in [5.74, 6) is 0.287. The lowest BCUT2D eigenvalue weighted by Crippen LogP contribution is -2.04. The summed E-state index contributed by atoms with van der Waals surface area (Å²) in [7, 11) is 0. The number of unbranched alkanes of at least 4 members (excludes halogenated alkanes) is 5. The van der Waals surface area contributed by atoms with Crippen molar-refractivity contribution in [3.05, 3.63) is 24.0 Å². The predicted octanol–water partition coefficient (Wildman–Crippen LogP) is 4.54. The van der Waals surface area contributed by atoms with Crippen LogP contribution in [-0.2, 0) is 6.54 Å². The molecule has 1 N–H and O–H groups in total. The van der Waals surface area contributed by atoms with Crippen LogP contribution in [0.3, 0.4) is 0 Å². The molecular formula is C16H29NO. The number of rotatable bonds is 9. The molecule has 0 spiro atoms. The molecular weight excluding hydrogens is 222 g/mol. The first-order valence-corrected chi connectivity index (χ1v) is 7.49. The SMILES string of the molecule is CCCCCCCCn1ccc(C(O)C(C)C)c1. The first-order valence-electron chi connectivity index (χ1n) is 7.49. The molecule has 2 heteroatoms. The molecule has 1 unspecified atom stereocenters. The minimum Gasteiger partial charge on any atom is -0.388 e. The summed E-state index contributed by atoms with van der Waals surface area (Å²) in [6, 6.07) is 2.04. The van der Waals surface area contributed by atoms with Gasteiger partial charge in [0.15, 0.2) is 0 Å². The molecule has 1 heterocycles. The Kier molecular flexibility index (Phi) is 7.11. The topological polar surface area (TPSA) is 25.2 Å². The van der Waals surface area contributed by atoms with Crippen LogP contribution in [0.25, 0.3) is 0 Å². The van der Waals surface area contributed by atoms with Crippen molar-refractivity contribution < 1.29 is 5.11 Å². The van der Waals surface area contributed by atoms with Gasteiger partial charge in [0.25, 0.3) is 0 Å². The minimum absolute atomic E-state index is 0.287. The first kappa shape index (κ1) is 15.3. The van der Waals surface area contributed by atoms with Crippen LogP contribution < -0.4 is 0 Å². The molecule has 18 heavy (non-hydrogen) atoms. The van der Waals surface area contributed by atoms with Crippen molar-refractivity contribution in [3.8, 4) is 0 Å². The number of nitrogens with zero attached hydrogens (tertiary/aromatic N) is 1. The Labute approximate surface area is 112 Å². The second kappa shape index (κ2) is 8.36. The van der Waals surface area contributed by atoms with E-state index < -0.39 is 0 Å². The summed E-state index contributed by atoms with van der Waals surface area (Å²) >= 11 is 0. The van der Waals surface area contributed by atoms with E-state index in [0.717, 1.165) is 12.1 Å². The lowest BCUT2D eigenvalue weighted by Gasteiger charge is -2.12. The van der Waals surface area contributed by atoms with Gasteiger partial charge in [-0.2, -0.15) is 0 Å². The quantitative estimate of drug-likeness (QED) is 0.640. The number of hydrogen-bond acceptors (Lipinski definition) is 1. The molecule has 1 aromatic heterocycles. The Hall–Kier alpha value is -0.760. The van der Waals surface area contributed by atoms with Crippen molar-refractivity contribution in [2.75, 3.05) is 0 Å². The maximum absolute atomic E-state index is 9.97. The average Bonchev–Trinajstić information content (AvgIpc) is 2.81. The third kappa shape index (κ3) is 5.26. The molecule has 0 saturated carbocycles. The minimum atomic E-state index is -0.323. The fourth-order valence-corrected chi connectivity index (χ4v) is 2.23. The molecule has 1 rings (SSSR count). The summed E-state index contributed by atoms with van der Waals surface area (Å²) in [6.07, 6.45) is 11.8. The molecule has 1 aromatic rings. The van der Waals surface area contributed by atoms with Gasteiger partial charge in [-0.15, -0.1) is 0 Å². The average molecular weight is 251 g/mol. The highest BCUT2D eigenvalue weighted by molar-refractivity contribution is 5.13. The van der Waals surface area contributed by atoms with Gasteiger partial charge in [0.1, 0.15) is 0 Å². The van der Waals surface area contributed by atoms with E-state index >= 15 is 0 Å². The van der Waals surface area contributed by atoms with Gasteiger partial charge in [0, 0.05) is 18.9 Å². The highest BCUT2D eigenvalue weighted by Crippen LogP contribution is 2.21. The van der Waals surface area contributed by atoms with Gasteiger partial charge in [-0.3, -0.25) is 0 Å². The summed E-state index contributed by atoms with van der Waals surface area (Å²) in [6.45, 7) is 7.43. The maximum atomic E-state index is 9.97. The van der Waals surface area contributed by atoms with Gasteiger partial charge in [-0.25, -0.2) is 0 Å². The second-order valence-electron chi connectivity index (χ2n) is 5.64. The zero-order valence-corrected chi connectivity index (χ0v) is 12.2. The molecule has 2 nitrogen and oxygen atoms in total. The molecule has 0 amide bonds. The third-order valence-corrected chi connectivity index (χ3v) is 3.52. The third-order valence-electron chi connectivity index (χ3n) is 3.52. The normalized spacial score (nSPS) is 13.2. The van der Waals surface area contributed by atoms with Gasteiger partial charge < -0.3 is 9.67 Å². The molecule has 0 radical (unpaired) electrons.